The molecular formula is C20H23N5O3. The number of nitrogens with zero attached hydrogens (tertiary/aromatic N) is 3. The van der Waals surface area contributed by atoms with Gasteiger partial charge in [-0.05, 0) is 43.4 Å². The Labute approximate surface area is 161 Å². The Kier molecular flexibility index (Phi) is 4.70. The Hall–Kier alpha value is -3.03. The number of carbonyl (C=O) groups is 1. The van der Waals surface area contributed by atoms with Crippen LogP contribution in [-0.2, 0) is 11.3 Å². The smallest absolute Gasteiger partial charge is 0.326 e. The van der Waals surface area contributed by atoms with Gasteiger partial charge in [-0.25, -0.2) is 14.8 Å². The van der Waals surface area contributed by atoms with Gasteiger partial charge in [-0.3, -0.25) is 19.1 Å². The van der Waals surface area contributed by atoms with Crippen LogP contribution in [0, 0.1) is 12.8 Å². The molecule has 2 heterocycles. The lowest BCUT2D eigenvalue weighted by Crippen LogP contribution is -2.38. The van der Waals surface area contributed by atoms with Gasteiger partial charge < -0.3 is 5.32 Å². The van der Waals surface area contributed by atoms with Gasteiger partial charge in [0.25, 0.3) is 5.56 Å². The molecular weight excluding hydrogens is 358 g/mol. The molecule has 28 heavy (non-hydrogen) atoms. The molecule has 2 N–H and O–H groups in total. The number of carbonyl (C=O) groups excluding carboxylic acids is 1. The number of aromatic nitrogens is 4. The maximum atomic E-state index is 12.9. The number of anilines is 1. The second-order valence-electron chi connectivity index (χ2n) is 7.61. The van der Waals surface area contributed by atoms with Crippen molar-refractivity contribution in [1.29, 1.82) is 0 Å². The average Bonchev–Trinajstić information content (AvgIpc) is 2.65. The predicted molar refractivity (Wildman–Crippen MR) is 108 cm³/mol. The van der Waals surface area contributed by atoms with Crippen molar-refractivity contribution < 1.29 is 4.79 Å². The van der Waals surface area contributed by atoms with Crippen LogP contribution in [0.15, 0.2) is 21.7 Å². The van der Waals surface area contributed by atoms with Crippen molar-refractivity contribution in [3.63, 3.8) is 0 Å². The van der Waals surface area contributed by atoms with Gasteiger partial charge in [0.05, 0.1) is 11.0 Å². The molecule has 0 bridgehead atoms. The van der Waals surface area contributed by atoms with Crippen molar-refractivity contribution >= 4 is 33.8 Å². The molecule has 0 radical (unpaired) electrons. The second-order valence-corrected chi connectivity index (χ2v) is 7.61. The highest BCUT2D eigenvalue weighted by Gasteiger charge is 2.18. The molecule has 1 aromatic carbocycles. The summed E-state index contributed by atoms with van der Waals surface area (Å²) in [7, 11) is 0. The molecule has 0 saturated heterocycles. The van der Waals surface area contributed by atoms with Gasteiger partial charge in [-0.2, -0.15) is 0 Å². The maximum Gasteiger partial charge on any atom is 0.330 e. The van der Waals surface area contributed by atoms with Gasteiger partial charge in [-0.15, -0.1) is 0 Å². The van der Waals surface area contributed by atoms with Gasteiger partial charge in [0.15, 0.2) is 11.2 Å². The van der Waals surface area contributed by atoms with Gasteiger partial charge in [0.2, 0.25) is 5.91 Å². The van der Waals surface area contributed by atoms with Crippen LogP contribution >= 0.6 is 0 Å². The zero-order valence-corrected chi connectivity index (χ0v) is 16.0. The lowest BCUT2D eigenvalue weighted by molar-refractivity contribution is -0.114. The third-order valence-corrected chi connectivity index (χ3v) is 5.40. The lowest BCUT2D eigenvalue weighted by atomic mass is 9.89. The van der Waals surface area contributed by atoms with E-state index >= 15 is 0 Å². The average molecular weight is 381 g/mol. The van der Waals surface area contributed by atoms with Crippen molar-refractivity contribution in [2.75, 3.05) is 5.32 Å². The van der Waals surface area contributed by atoms with Crippen LogP contribution in [0.4, 0.5) is 5.69 Å². The van der Waals surface area contributed by atoms with Gasteiger partial charge in [0.1, 0.15) is 0 Å². The monoisotopic (exact) mass is 381 g/mol. The number of aromatic amines is 1. The van der Waals surface area contributed by atoms with E-state index in [1.54, 1.807) is 12.1 Å². The fourth-order valence-electron chi connectivity index (χ4n) is 3.95. The molecule has 1 amide bonds. The summed E-state index contributed by atoms with van der Waals surface area (Å²) in [6.45, 7) is 3.71. The first-order chi connectivity index (χ1) is 13.4. The third kappa shape index (κ3) is 3.42. The number of nitrogens with one attached hydrogen (secondary N) is 2. The van der Waals surface area contributed by atoms with Crippen LogP contribution in [0.1, 0.15) is 44.6 Å². The Balaban J connectivity index is 1.83. The molecule has 146 valence electrons. The lowest BCUT2D eigenvalue weighted by Gasteiger charge is -2.21. The SMILES string of the molecule is CC(=O)Nc1cc2nc3[nH]c(=O)n(CC4CCCCC4)c(=O)c3nc2cc1C. The van der Waals surface area contributed by atoms with Crippen LogP contribution in [0.2, 0.25) is 0 Å². The minimum absolute atomic E-state index is 0.162. The van der Waals surface area contributed by atoms with Crippen LogP contribution in [-0.4, -0.2) is 25.4 Å². The summed E-state index contributed by atoms with van der Waals surface area (Å²) in [6, 6.07) is 3.48. The zero-order valence-electron chi connectivity index (χ0n) is 16.0. The first-order valence-corrected chi connectivity index (χ1v) is 9.65. The van der Waals surface area contributed by atoms with Crippen LogP contribution in [0.5, 0.6) is 0 Å². The summed E-state index contributed by atoms with van der Waals surface area (Å²) in [4.78, 5) is 48.4. The normalized spacial score (nSPS) is 15.2. The van der Waals surface area contributed by atoms with E-state index in [2.05, 4.69) is 20.3 Å². The summed E-state index contributed by atoms with van der Waals surface area (Å²) in [6.07, 6.45) is 5.59. The molecule has 2 aromatic heterocycles. The molecule has 3 aromatic rings. The standard InChI is InChI=1S/C20H23N5O3/c1-11-8-15-16(9-14(11)21-12(2)26)23-18-17(22-15)19(27)25(20(28)24-18)10-13-6-4-3-5-7-13/h8-9,13H,3-7,10H2,1-2H3,(H,21,26)(H,23,24,28). The number of fused-ring (bicyclic) bond motifs is 2. The van der Waals surface area contributed by atoms with Crippen LogP contribution in [0.3, 0.4) is 0 Å². The molecule has 1 fully saturated rings. The van der Waals surface area contributed by atoms with Gasteiger partial charge in [0, 0.05) is 19.2 Å². The summed E-state index contributed by atoms with van der Waals surface area (Å²) in [5.41, 5.74) is 1.97. The Bertz CT molecular complexity index is 1190. The number of amides is 1. The Morgan fingerprint density at radius 3 is 2.61 bits per heavy atom. The number of rotatable bonds is 3. The summed E-state index contributed by atoms with van der Waals surface area (Å²) in [5, 5.41) is 2.75. The minimum atomic E-state index is -0.453. The number of hydrogen-bond donors (Lipinski definition) is 2. The summed E-state index contributed by atoms with van der Waals surface area (Å²) < 4.78 is 1.26. The molecule has 4 rings (SSSR count). The fraction of sp³-hybridized carbons (Fsp3) is 0.450. The van der Waals surface area contributed by atoms with E-state index in [0.717, 1.165) is 31.2 Å². The molecule has 0 spiro atoms. The molecule has 8 nitrogen and oxygen atoms in total. The molecule has 0 aliphatic heterocycles. The number of H-pyrrole nitrogens is 1. The first-order valence-electron chi connectivity index (χ1n) is 9.65. The molecule has 0 atom stereocenters. The molecule has 1 aliphatic carbocycles. The zero-order chi connectivity index (χ0) is 19.8. The van der Waals surface area contributed by atoms with Crippen molar-refractivity contribution in [1.82, 2.24) is 19.5 Å². The van der Waals surface area contributed by atoms with Crippen LogP contribution < -0.4 is 16.6 Å². The van der Waals surface area contributed by atoms with E-state index in [1.165, 1.54) is 17.9 Å². The van der Waals surface area contributed by atoms with Crippen molar-refractivity contribution in [2.24, 2.45) is 5.92 Å². The number of hydrogen-bond acceptors (Lipinski definition) is 5. The second kappa shape index (κ2) is 7.18. The highest BCUT2D eigenvalue weighted by atomic mass is 16.2. The van der Waals surface area contributed by atoms with E-state index in [9.17, 15) is 14.4 Å². The summed E-state index contributed by atoms with van der Waals surface area (Å²) in [5.74, 6) is 0.163. The quantitative estimate of drug-likeness (QED) is 0.677. The number of benzene rings is 1. The predicted octanol–water partition coefficient (Wildman–Crippen LogP) is 2.48. The maximum absolute atomic E-state index is 12.9. The highest BCUT2D eigenvalue weighted by Crippen LogP contribution is 2.25. The van der Waals surface area contributed by atoms with Gasteiger partial charge in [-0.1, -0.05) is 19.3 Å². The first kappa shape index (κ1) is 18.3. The summed E-state index contributed by atoms with van der Waals surface area (Å²) >= 11 is 0. The van der Waals surface area contributed by atoms with Gasteiger partial charge >= 0.3 is 5.69 Å². The van der Waals surface area contributed by atoms with E-state index in [4.69, 9.17) is 0 Å². The molecule has 1 aliphatic rings. The van der Waals surface area contributed by atoms with E-state index in [1.807, 2.05) is 6.92 Å². The number of aryl methyl sites for hydroxylation is 1. The topological polar surface area (TPSA) is 110 Å². The molecule has 0 unspecified atom stereocenters. The van der Waals surface area contributed by atoms with Crippen LogP contribution in [0.25, 0.3) is 22.2 Å². The van der Waals surface area contributed by atoms with E-state index < -0.39 is 11.2 Å². The molecule has 8 heteroatoms. The highest BCUT2D eigenvalue weighted by molar-refractivity contribution is 5.94. The largest absolute Gasteiger partial charge is 0.330 e. The molecule has 1 saturated carbocycles. The van der Waals surface area contributed by atoms with Crippen molar-refractivity contribution in [2.45, 2.75) is 52.5 Å². The van der Waals surface area contributed by atoms with E-state index in [0.29, 0.717) is 29.2 Å². The Morgan fingerprint density at radius 1 is 1.18 bits per heavy atom. The Morgan fingerprint density at radius 2 is 1.89 bits per heavy atom. The minimum Gasteiger partial charge on any atom is -0.326 e. The van der Waals surface area contributed by atoms with Crippen molar-refractivity contribution in [3.05, 3.63) is 38.5 Å². The third-order valence-electron chi connectivity index (χ3n) is 5.40. The fourth-order valence-corrected chi connectivity index (χ4v) is 3.95. The van der Waals surface area contributed by atoms with E-state index in [-0.39, 0.29) is 17.1 Å². The van der Waals surface area contributed by atoms with Crippen molar-refractivity contribution in [3.8, 4) is 0 Å².